The van der Waals surface area contributed by atoms with Crippen LogP contribution in [0, 0.1) is 0 Å². The quantitative estimate of drug-likeness (QED) is 0.605. The van der Waals surface area contributed by atoms with E-state index in [0.717, 1.165) is 12.8 Å². The maximum atomic E-state index is 11.1. The molecule has 0 unspecified atom stereocenters. The van der Waals surface area contributed by atoms with Gasteiger partial charge in [0.2, 0.25) is 0 Å². The highest BCUT2D eigenvalue weighted by molar-refractivity contribution is 5.80. The Morgan fingerprint density at radius 2 is 2.00 bits per heavy atom. The predicted octanol–water partition coefficient (Wildman–Crippen LogP) is 1.70. The summed E-state index contributed by atoms with van der Waals surface area (Å²) in [5.74, 6) is 0.351. The number of carbonyl (C=O) groups excluding carboxylic acids is 1. The Labute approximate surface area is 69.6 Å². The highest BCUT2D eigenvalue weighted by Gasteiger charge is 2.07. The topological polar surface area (TPSA) is 20.3 Å². The van der Waals surface area contributed by atoms with Crippen LogP contribution in [0.1, 0.15) is 33.6 Å². The Kier molecular flexibility index (Phi) is 5.12. The van der Waals surface area contributed by atoms with Gasteiger partial charge >= 0.3 is 0 Å². The minimum absolute atomic E-state index is 0.351. The van der Waals surface area contributed by atoms with Crippen molar-refractivity contribution in [3.05, 3.63) is 0 Å². The standard InChI is InChI=1S/C9H19NO/c1-5-6-9(11)7-10(4)8(2)3/h8H,5-7H2,1-4H3. The highest BCUT2D eigenvalue weighted by atomic mass is 16.1. The summed E-state index contributed by atoms with van der Waals surface area (Å²) in [4.78, 5) is 13.2. The summed E-state index contributed by atoms with van der Waals surface area (Å²) in [6.45, 7) is 6.83. The first-order valence-corrected chi connectivity index (χ1v) is 4.29. The molecule has 0 aliphatic rings. The first-order chi connectivity index (χ1) is 5.07. The zero-order valence-electron chi connectivity index (χ0n) is 8.05. The molecule has 0 aromatic rings. The molecule has 0 rings (SSSR count). The van der Waals surface area contributed by atoms with Crippen molar-refractivity contribution in [2.24, 2.45) is 0 Å². The molecule has 66 valence electrons. The van der Waals surface area contributed by atoms with Crippen LogP contribution >= 0.6 is 0 Å². The summed E-state index contributed by atoms with van der Waals surface area (Å²) in [5.41, 5.74) is 0. The third-order valence-electron chi connectivity index (χ3n) is 1.84. The van der Waals surface area contributed by atoms with Crippen LogP contribution in [0.15, 0.2) is 0 Å². The van der Waals surface area contributed by atoms with E-state index in [1.54, 1.807) is 0 Å². The lowest BCUT2D eigenvalue weighted by Gasteiger charge is -2.19. The Bertz CT molecular complexity index is 121. The summed E-state index contributed by atoms with van der Waals surface area (Å²) >= 11 is 0. The molecule has 11 heavy (non-hydrogen) atoms. The summed E-state index contributed by atoms with van der Waals surface area (Å²) in [7, 11) is 1.98. The molecule has 0 aromatic carbocycles. The van der Waals surface area contributed by atoms with Gasteiger partial charge < -0.3 is 0 Å². The molecular weight excluding hydrogens is 138 g/mol. The fourth-order valence-corrected chi connectivity index (χ4v) is 0.819. The average molecular weight is 157 g/mol. The number of carbonyl (C=O) groups is 1. The van der Waals surface area contributed by atoms with Crippen molar-refractivity contribution in [2.45, 2.75) is 39.7 Å². The SMILES string of the molecule is CCCC(=O)CN(C)C(C)C. The molecule has 0 aliphatic carbocycles. The third kappa shape index (κ3) is 4.96. The zero-order valence-corrected chi connectivity index (χ0v) is 8.05. The minimum Gasteiger partial charge on any atom is -0.298 e. The Morgan fingerprint density at radius 1 is 1.45 bits per heavy atom. The van der Waals surface area contributed by atoms with Crippen molar-refractivity contribution in [2.75, 3.05) is 13.6 Å². The number of Topliss-reactive ketones (excluding diaryl/α,β-unsaturated/α-hetero) is 1. The largest absolute Gasteiger partial charge is 0.298 e. The van der Waals surface area contributed by atoms with Crippen LogP contribution in [0.5, 0.6) is 0 Å². The van der Waals surface area contributed by atoms with E-state index in [9.17, 15) is 4.79 Å². The van der Waals surface area contributed by atoms with Crippen molar-refractivity contribution in [3.63, 3.8) is 0 Å². The lowest BCUT2D eigenvalue weighted by Crippen LogP contribution is -2.31. The van der Waals surface area contributed by atoms with E-state index in [-0.39, 0.29) is 0 Å². The second-order valence-corrected chi connectivity index (χ2v) is 3.30. The smallest absolute Gasteiger partial charge is 0.146 e. The van der Waals surface area contributed by atoms with Crippen LogP contribution in [-0.2, 0) is 4.79 Å². The fraction of sp³-hybridized carbons (Fsp3) is 0.889. The summed E-state index contributed by atoms with van der Waals surface area (Å²) < 4.78 is 0. The Hall–Kier alpha value is -0.370. The van der Waals surface area contributed by atoms with Crippen molar-refractivity contribution < 1.29 is 4.79 Å². The van der Waals surface area contributed by atoms with Crippen molar-refractivity contribution >= 4 is 5.78 Å². The van der Waals surface area contributed by atoms with E-state index in [1.807, 2.05) is 14.0 Å². The first-order valence-electron chi connectivity index (χ1n) is 4.29. The van der Waals surface area contributed by atoms with Crippen LogP contribution < -0.4 is 0 Å². The van der Waals surface area contributed by atoms with Gasteiger partial charge in [-0.05, 0) is 27.3 Å². The molecule has 0 radical (unpaired) electrons. The maximum absolute atomic E-state index is 11.1. The second kappa shape index (κ2) is 5.30. The van der Waals surface area contributed by atoms with Crippen molar-refractivity contribution in [1.82, 2.24) is 4.90 Å². The van der Waals surface area contributed by atoms with Crippen LogP contribution in [0.25, 0.3) is 0 Å². The van der Waals surface area contributed by atoms with Crippen molar-refractivity contribution in [1.29, 1.82) is 0 Å². The van der Waals surface area contributed by atoms with Crippen LogP contribution in [0.2, 0.25) is 0 Å². The fourth-order valence-electron chi connectivity index (χ4n) is 0.819. The molecule has 0 bridgehead atoms. The molecule has 0 aliphatic heterocycles. The lowest BCUT2D eigenvalue weighted by molar-refractivity contribution is -0.120. The first kappa shape index (κ1) is 10.6. The van der Waals surface area contributed by atoms with Crippen molar-refractivity contribution in [3.8, 4) is 0 Å². The molecule has 0 heterocycles. The number of rotatable bonds is 5. The van der Waals surface area contributed by atoms with Gasteiger partial charge in [-0.25, -0.2) is 0 Å². The maximum Gasteiger partial charge on any atom is 0.146 e. The monoisotopic (exact) mass is 157 g/mol. The van der Waals surface area contributed by atoms with E-state index < -0.39 is 0 Å². The number of nitrogens with zero attached hydrogens (tertiary/aromatic N) is 1. The van der Waals surface area contributed by atoms with E-state index in [2.05, 4.69) is 18.7 Å². The van der Waals surface area contributed by atoms with Crippen LogP contribution in [-0.4, -0.2) is 30.3 Å². The van der Waals surface area contributed by atoms with Gasteiger partial charge in [-0.2, -0.15) is 0 Å². The molecular formula is C9H19NO. The third-order valence-corrected chi connectivity index (χ3v) is 1.84. The lowest BCUT2D eigenvalue weighted by atomic mass is 10.2. The number of hydrogen-bond acceptors (Lipinski definition) is 2. The second-order valence-electron chi connectivity index (χ2n) is 3.30. The molecule has 0 saturated heterocycles. The van der Waals surface area contributed by atoms with E-state index in [0.29, 0.717) is 18.4 Å². The Balaban J connectivity index is 3.57. The van der Waals surface area contributed by atoms with Gasteiger partial charge in [0, 0.05) is 12.5 Å². The summed E-state index contributed by atoms with van der Waals surface area (Å²) in [5, 5.41) is 0. The van der Waals surface area contributed by atoms with Gasteiger partial charge in [0.05, 0.1) is 6.54 Å². The highest BCUT2D eigenvalue weighted by Crippen LogP contribution is 1.96. The van der Waals surface area contributed by atoms with Crippen LogP contribution in [0.3, 0.4) is 0 Å². The molecule has 0 atom stereocenters. The molecule has 0 fully saturated rings. The van der Waals surface area contributed by atoms with Gasteiger partial charge in [-0.15, -0.1) is 0 Å². The molecule has 0 N–H and O–H groups in total. The molecule has 2 heteroatoms. The molecule has 0 spiro atoms. The van der Waals surface area contributed by atoms with Gasteiger partial charge in [0.15, 0.2) is 0 Å². The Morgan fingerprint density at radius 3 is 2.36 bits per heavy atom. The van der Waals surface area contributed by atoms with E-state index in [1.165, 1.54) is 0 Å². The normalized spacial score (nSPS) is 11.1. The van der Waals surface area contributed by atoms with Gasteiger partial charge in [-0.1, -0.05) is 6.92 Å². The summed E-state index contributed by atoms with van der Waals surface area (Å²) in [6.07, 6.45) is 1.68. The summed E-state index contributed by atoms with van der Waals surface area (Å²) in [6, 6.07) is 0.468. The molecule has 2 nitrogen and oxygen atoms in total. The number of ketones is 1. The van der Waals surface area contributed by atoms with Gasteiger partial charge in [0.1, 0.15) is 5.78 Å². The molecule has 0 saturated carbocycles. The van der Waals surface area contributed by atoms with Crippen LogP contribution in [0.4, 0.5) is 0 Å². The van der Waals surface area contributed by atoms with Gasteiger partial charge in [0.25, 0.3) is 0 Å². The molecule has 0 amide bonds. The average Bonchev–Trinajstić information content (AvgIpc) is 1.87. The minimum atomic E-state index is 0.351. The number of hydrogen-bond donors (Lipinski definition) is 0. The van der Waals surface area contributed by atoms with Gasteiger partial charge in [-0.3, -0.25) is 9.69 Å². The number of likely N-dealkylation sites (N-methyl/N-ethyl adjacent to an activating group) is 1. The molecule has 0 aromatic heterocycles. The predicted molar refractivity (Wildman–Crippen MR) is 47.7 cm³/mol. The zero-order chi connectivity index (χ0) is 8.85. The van der Waals surface area contributed by atoms with E-state index >= 15 is 0 Å². The van der Waals surface area contributed by atoms with E-state index in [4.69, 9.17) is 0 Å².